The van der Waals surface area contributed by atoms with E-state index in [4.69, 9.17) is 18.6 Å². The fraction of sp³-hybridized carbons (Fsp3) is 0.320. The summed E-state index contributed by atoms with van der Waals surface area (Å²) in [4.78, 5) is 37.1. The molecule has 33 heavy (non-hydrogen) atoms. The van der Waals surface area contributed by atoms with Gasteiger partial charge >= 0.3 is 11.6 Å². The summed E-state index contributed by atoms with van der Waals surface area (Å²) in [6.45, 7) is 3.37. The van der Waals surface area contributed by atoms with Gasteiger partial charge < -0.3 is 23.7 Å². The maximum atomic E-state index is 13.3. The summed E-state index contributed by atoms with van der Waals surface area (Å²) in [5.41, 5.74) is 1.52. The van der Waals surface area contributed by atoms with Gasteiger partial charge in [0.05, 0.1) is 25.0 Å². The SMILES string of the molecule is COc1cc2c(c3oc(=O)c(C(CC(C)=O)c4ccc(C)cc4)c(O)c13)C1CC(=O)OC1O2. The van der Waals surface area contributed by atoms with E-state index in [0.29, 0.717) is 16.9 Å². The highest BCUT2D eigenvalue weighted by molar-refractivity contribution is 5.96. The molecule has 2 aliphatic rings. The van der Waals surface area contributed by atoms with Crippen LogP contribution in [-0.4, -0.2) is 30.3 Å². The van der Waals surface area contributed by atoms with Gasteiger partial charge in [-0.15, -0.1) is 0 Å². The molecule has 2 aromatic carbocycles. The normalized spacial score (nSPS) is 19.5. The van der Waals surface area contributed by atoms with Gasteiger partial charge in [-0.25, -0.2) is 4.79 Å². The van der Waals surface area contributed by atoms with Crippen LogP contribution >= 0.6 is 0 Å². The molecule has 170 valence electrons. The van der Waals surface area contributed by atoms with Crippen molar-refractivity contribution in [2.45, 2.75) is 44.8 Å². The van der Waals surface area contributed by atoms with E-state index in [-0.39, 0.29) is 46.7 Å². The van der Waals surface area contributed by atoms with Crippen LogP contribution in [0.25, 0.3) is 11.0 Å². The van der Waals surface area contributed by atoms with E-state index in [2.05, 4.69) is 0 Å². The Morgan fingerprint density at radius 1 is 1.21 bits per heavy atom. The Labute approximate surface area is 188 Å². The average Bonchev–Trinajstić information content (AvgIpc) is 3.27. The van der Waals surface area contributed by atoms with Crippen molar-refractivity contribution >= 4 is 22.7 Å². The third kappa shape index (κ3) is 3.33. The Balaban J connectivity index is 1.77. The number of hydrogen-bond donors (Lipinski definition) is 1. The third-order valence-electron chi connectivity index (χ3n) is 6.27. The van der Waals surface area contributed by atoms with Gasteiger partial charge in [-0.3, -0.25) is 9.59 Å². The van der Waals surface area contributed by atoms with Crippen molar-refractivity contribution in [1.29, 1.82) is 0 Å². The minimum Gasteiger partial charge on any atom is -0.506 e. The first-order chi connectivity index (χ1) is 15.8. The molecule has 8 nitrogen and oxygen atoms in total. The van der Waals surface area contributed by atoms with Gasteiger partial charge in [0.15, 0.2) is 5.58 Å². The van der Waals surface area contributed by atoms with Gasteiger partial charge in [-0.2, -0.15) is 0 Å². The molecular formula is C25H22O8. The number of rotatable bonds is 5. The molecule has 1 saturated heterocycles. The van der Waals surface area contributed by atoms with Crippen LogP contribution in [0.4, 0.5) is 0 Å². The van der Waals surface area contributed by atoms with Gasteiger partial charge in [-0.1, -0.05) is 29.8 Å². The predicted octanol–water partition coefficient (Wildman–Crippen LogP) is 3.68. The van der Waals surface area contributed by atoms with E-state index in [0.717, 1.165) is 5.56 Å². The molecule has 5 rings (SSSR count). The summed E-state index contributed by atoms with van der Waals surface area (Å²) in [5.74, 6) is -1.43. The van der Waals surface area contributed by atoms with Crippen molar-refractivity contribution in [3.8, 4) is 17.2 Å². The maximum Gasteiger partial charge on any atom is 0.343 e. The second kappa shape index (κ2) is 7.65. The minimum atomic E-state index is -0.812. The Bertz CT molecular complexity index is 1350. The van der Waals surface area contributed by atoms with Crippen LogP contribution in [0.15, 0.2) is 39.5 Å². The maximum absolute atomic E-state index is 13.3. The molecule has 3 aromatic rings. The molecule has 3 heterocycles. The Morgan fingerprint density at radius 2 is 1.94 bits per heavy atom. The molecule has 1 fully saturated rings. The van der Waals surface area contributed by atoms with Crippen molar-refractivity contribution in [3.63, 3.8) is 0 Å². The number of esters is 1. The summed E-state index contributed by atoms with van der Waals surface area (Å²) >= 11 is 0. The van der Waals surface area contributed by atoms with E-state index in [1.54, 1.807) is 6.07 Å². The zero-order valence-electron chi connectivity index (χ0n) is 18.3. The molecule has 3 unspecified atom stereocenters. The standard InChI is InChI=1S/C25H22O8/c1-11-4-6-13(7-5-11)14(8-12(2)26)20-22(28)21-16(30-3)10-17-19(23(21)33-24(20)29)15-9-18(27)32-25(15)31-17/h4-7,10,14-15,25,28H,8-9H2,1-3H3. The molecule has 0 aliphatic carbocycles. The average molecular weight is 450 g/mol. The smallest absolute Gasteiger partial charge is 0.343 e. The second-order valence-corrected chi connectivity index (χ2v) is 8.50. The number of carbonyl (C=O) groups is 2. The molecular weight excluding hydrogens is 428 g/mol. The Kier molecular flexibility index (Phi) is 4.88. The molecule has 0 spiro atoms. The number of aryl methyl sites for hydroxylation is 1. The van der Waals surface area contributed by atoms with Crippen molar-refractivity contribution in [3.05, 3.63) is 63.0 Å². The topological polar surface area (TPSA) is 112 Å². The van der Waals surface area contributed by atoms with Gasteiger partial charge in [-0.05, 0) is 19.4 Å². The number of ether oxygens (including phenoxy) is 3. The van der Waals surface area contributed by atoms with E-state index < -0.39 is 29.7 Å². The lowest BCUT2D eigenvalue weighted by Gasteiger charge is -2.19. The highest BCUT2D eigenvalue weighted by Crippen LogP contribution is 2.52. The summed E-state index contributed by atoms with van der Waals surface area (Å²) < 4.78 is 22.2. The zero-order valence-corrected chi connectivity index (χ0v) is 18.3. The monoisotopic (exact) mass is 450 g/mol. The molecule has 3 atom stereocenters. The third-order valence-corrected chi connectivity index (χ3v) is 6.27. The van der Waals surface area contributed by atoms with Crippen LogP contribution in [0.1, 0.15) is 53.9 Å². The van der Waals surface area contributed by atoms with E-state index in [9.17, 15) is 19.5 Å². The molecule has 1 aromatic heterocycles. The predicted molar refractivity (Wildman–Crippen MR) is 117 cm³/mol. The molecule has 0 amide bonds. The van der Waals surface area contributed by atoms with Crippen LogP contribution < -0.4 is 15.1 Å². The number of methoxy groups -OCH3 is 1. The minimum absolute atomic E-state index is 0.0102. The van der Waals surface area contributed by atoms with Crippen LogP contribution in [-0.2, 0) is 14.3 Å². The van der Waals surface area contributed by atoms with Crippen molar-refractivity contribution < 1.29 is 33.3 Å². The number of carbonyl (C=O) groups excluding carboxylic acids is 2. The molecule has 1 N–H and O–H groups in total. The first kappa shape index (κ1) is 21.1. The van der Waals surface area contributed by atoms with Gasteiger partial charge in [0.1, 0.15) is 28.4 Å². The van der Waals surface area contributed by atoms with E-state index >= 15 is 0 Å². The highest BCUT2D eigenvalue weighted by atomic mass is 16.7. The highest BCUT2D eigenvalue weighted by Gasteiger charge is 2.47. The molecule has 2 aliphatic heterocycles. The molecule has 8 heteroatoms. The fourth-order valence-electron chi connectivity index (χ4n) is 4.73. The lowest BCUT2D eigenvalue weighted by molar-refractivity contribution is -0.150. The fourth-order valence-corrected chi connectivity index (χ4v) is 4.73. The summed E-state index contributed by atoms with van der Waals surface area (Å²) in [6.07, 6.45) is -0.731. The first-order valence-electron chi connectivity index (χ1n) is 10.6. The van der Waals surface area contributed by atoms with Crippen LogP contribution in [0.5, 0.6) is 17.2 Å². The second-order valence-electron chi connectivity index (χ2n) is 8.50. The lowest BCUT2D eigenvalue weighted by Crippen LogP contribution is -2.17. The Morgan fingerprint density at radius 3 is 2.61 bits per heavy atom. The Hall–Kier alpha value is -3.81. The van der Waals surface area contributed by atoms with Crippen LogP contribution in [0, 0.1) is 6.92 Å². The number of hydrogen-bond acceptors (Lipinski definition) is 8. The number of ketones is 1. The van der Waals surface area contributed by atoms with Crippen molar-refractivity contribution in [2.75, 3.05) is 7.11 Å². The summed E-state index contributed by atoms with van der Waals surface area (Å²) in [6, 6.07) is 8.99. The van der Waals surface area contributed by atoms with Crippen molar-refractivity contribution in [2.24, 2.45) is 0 Å². The zero-order chi connectivity index (χ0) is 23.4. The number of benzene rings is 2. The summed E-state index contributed by atoms with van der Waals surface area (Å²) in [5, 5.41) is 11.6. The van der Waals surface area contributed by atoms with Crippen LogP contribution in [0.3, 0.4) is 0 Å². The van der Waals surface area contributed by atoms with Gasteiger partial charge in [0, 0.05) is 24.0 Å². The largest absolute Gasteiger partial charge is 0.506 e. The lowest BCUT2D eigenvalue weighted by atomic mass is 9.86. The van der Waals surface area contributed by atoms with E-state index in [1.165, 1.54) is 14.0 Å². The number of aromatic hydroxyl groups is 1. The number of Topliss-reactive ketones (excluding diaryl/α,β-unsaturated/α-hetero) is 1. The molecule has 0 saturated carbocycles. The number of fused-ring (bicyclic) bond motifs is 5. The molecule has 0 radical (unpaired) electrons. The quantitative estimate of drug-likeness (QED) is 0.463. The van der Waals surface area contributed by atoms with Crippen LogP contribution in [0.2, 0.25) is 0 Å². The van der Waals surface area contributed by atoms with Gasteiger partial charge in [0.25, 0.3) is 6.29 Å². The first-order valence-corrected chi connectivity index (χ1v) is 10.6. The van der Waals surface area contributed by atoms with E-state index in [1.807, 2.05) is 31.2 Å². The van der Waals surface area contributed by atoms with Gasteiger partial charge in [0.2, 0.25) is 0 Å². The molecule has 0 bridgehead atoms. The van der Waals surface area contributed by atoms with Crippen molar-refractivity contribution in [1.82, 2.24) is 0 Å². The summed E-state index contributed by atoms with van der Waals surface area (Å²) in [7, 11) is 1.42.